The lowest BCUT2D eigenvalue weighted by molar-refractivity contribution is 0.0942. The summed E-state index contributed by atoms with van der Waals surface area (Å²) in [6.45, 7) is 0.00427. The fourth-order valence-electron chi connectivity index (χ4n) is 1.65. The molecule has 22 heavy (non-hydrogen) atoms. The average Bonchev–Trinajstić information content (AvgIpc) is 2.52. The first-order valence-corrected chi connectivity index (χ1v) is 6.33. The Morgan fingerprint density at radius 2 is 2.09 bits per heavy atom. The van der Waals surface area contributed by atoms with E-state index >= 15 is 0 Å². The topological polar surface area (TPSA) is 75.0 Å². The van der Waals surface area contributed by atoms with Crippen LogP contribution < -0.4 is 10.1 Å². The number of amides is 1. The molecule has 5 nitrogen and oxygen atoms in total. The number of carbonyl (C=O) groups is 1. The summed E-state index contributed by atoms with van der Waals surface area (Å²) in [5, 5.41) is 11.0. The summed E-state index contributed by atoms with van der Waals surface area (Å²) in [5.41, 5.74) is 0.00267. The van der Waals surface area contributed by atoms with Crippen molar-refractivity contribution in [2.24, 2.45) is 0 Å². The standard InChI is InChI=1S/C15H11F2N3O2/c16-12-4-2-1-3-11(12)14(21)19-5-6-22-15-13(17)7-10(8-18)9-20-15/h1-4,7,9H,5-6H2,(H,19,21). The van der Waals surface area contributed by atoms with E-state index in [-0.39, 0.29) is 30.2 Å². The number of carbonyl (C=O) groups excluding carboxylic acids is 1. The van der Waals surface area contributed by atoms with Gasteiger partial charge in [-0.3, -0.25) is 4.79 Å². The van der Waals surface area contributed by atoms with Gasteiger partial charge in [-0.15, -0.1) is 0 Å². The largest absolute Gasteiger partial charge is 0.474 e. The monoisotopic (exact) mass is 303 g/mol. The number of hydrogen-bond acceptors (Lipinski definition) is 4. The Kier molecular flexibility index (Phi) is 4.98. The Morgan fingerprint density at radius 3 is 2.77 bits per heavy atom. The van der Waals surface area contributed by atoms with Crippen LogP contribution in [0.25, 0.3) is 0 Å². The number of rotatable bonds is 5. The van der Waals surface area contributed by atoms with Gasteiger partial charge in [0.2, 0.25) is 0 Å². The van der Waals surface area contributed by atoms with Crippen LogP contribution in [0.4, 0.5) is 8.78 Å². The summed E-state index contributed by atoms with van der Waals surface area (Å²) in [4.78, 5) is 15.3. The molecule has 0 spiro atoms. The lowest BCUT2D eigenvalue weighted by Crippen LogP contribution is -2.29. The molecule has 0 unspecified atom stereocenters. The van der Waals surface area contributed by atoms with Crippen LogP contribution in [0.5, 0.6) is 5.88 Å². The minimum absolute atomic E-state index is 0.0456. The lowest BCUT2D eigenvalue weighted by atomic mass is 10.2. The molecule has 1 N–H and O–H groups in total. The van der Waals surface area contributed by atoms with Crippen molar-refractivity contribution in [3.05, 3.63) is 59.3 Å². The summed E-state index contributed by atoms with van der Waals surface area (Å²) in [7, 11) is 0. The highest BCUT2D eigenvalue weighted by atomic mass is 19.1. The van der Waals surface area contributed by atoms with E-state index < -0.39 is 17.5 Å². The van der Waals surface area contributed by atoms with Gasteiger partial charge in [-0.2, -0.15) is 5.26 Å². The molecule has 112 valence electrons. The van der Waals surface area contributed by atoms with Crippen LogP contribution in [-0.2, 0) is 0 Å². The molecule has 0 aliphatic carbocycles. The highest BCUT2D eigenvalue weighted by Gasteiger charge is 2.10. The fourth-order valence-corrected chi connectivity index (χ4v) is 1.65. The number of benzene rings is 1. The molecule has 1 aromatic carbocycles. The van der Waals surface area contributed by atoms with Crippen molar-refractivity contribution in [3.63, 3.8) is 0 Å². The van der Waals surface area contributed by atoms with E-state index in [9.17, 15) is 13.6 Å². The Bertz CT molecular complexity index is 729. The molecule has 1 heterocycles. The third-order valence-corrected chi connectivity index (χ3v) is 2.68. The van der Waals surface area contributed by atoms with Crippen LogP contribution in [0, 0.1) is 23.0 Å². The van der Waals surface area contributed by atoms with Gasteiger partial charge < -0.3 is 10.1 Å². The summed E-state index contributed by atoms with van der Waals surface area (Å²) < 4.78 is 31.9. The Balaban J connectivity index is 1.84. The SMILES string of the molecule is N#Cc1cnc(OCCNC(=O)c2ccccc2F)c(F)c1. The summed E-state index contributed by atoms with van der Waals surface area (Å²) >= 11 is 0. The number of nitrogens with zero attached hydrogens (tertiary/aromatic N) is 2. The number of nitrogens with one attached hydrogen (secondary N) is 1. The first-order chi connectivity index (χ1) is 10.6. The first-order valence-electron chi connectivity index (χ1n) is 6.33. The molecule has 7 heteroatoms. The minimum atomic E-state index is -0.764. The smallest absolute Gasteiger partial charge is 0.254 e. The zero-order chi connectivity index (χ0) is 15.9. The molecule has 0 aliphatic rings. The number of halogens is 2. The van der Waals surface area contributed by atoms with E-state index in [1.165, 1.54) is 24.4 Å². The maximum Gasteiger partial charge on any atom is 0.254 e. The molecule has 2 aromatic rings. The highest BCUT2D eigenvalue weighted by Crippen LogP contribution is 2.13. The molecule has 0 saturated heterocycles. The van der Waals surface area contributed by atoms with Crippen LogP contribution >= 0.6 is 0 Å². The second kappa shape index (κ2) is 7.13. The van der Waals surface area contributed by atoms with E-state index in [1.807, 2.05) is 0 Å². The van der Waals surface area contributed by atoms with Crippen molar-refractivity contribution in [3.8, 4) is 11.9 Å². The number of hydrogen-bond donors (Lipinski definition) is 1. The van der Waals surface area contributed by atoms with Crippen LogP contribution in [0.3, 0.4) is 0 Å². The van der Waals surface area contributed by atoms with Crippen LogP contribution in [0.2, 0.25) is 0 Å². The quantitative estimate of drug-likeness (QED) is 0.858. The van der Waals surface area contributed by atoms with Gasteiger partial charge in [-0.25, -0.2) is 13.8 Å². The van der Waals surface area contributed by atoms with E-state index in [2.05, 4.69) is 10.3 Å². The van der Waals surface area contributed by atoms with Crippen molar-refractivity contribution in [1.29, 1.82) is 5.26 Å². The Morgan fingerprint density at radius 1 is 1.32 bits per heavy atom. The molecule has 0 saturated carbocycles. The molecule has 0 atom stereocenters. The second-order valence-electron chi connectivity index (χ2n) is 4.21. The normalized spacial score (nSPS) is 9.86. The molecule has 1 aromatic heterocycles. The summed E-state index contributed by atoms with van der Waals surface area (Å²) in [6, 6.07) is 8.31. The Hall–Kier alpha value is -3.01. The van der Waals surface area contributed by atoms with Crippen molar-refractivity contribution < 1.29 is 18.3 Å². The zero-order valence-electron chi connectivity index (χ0n) is 11.3. The molecule has 0 bridgehead atoms. The molecule has 2 rings (SSSR count). The molecule has 0 radical (unpaired) electrons. The zero-order valence-corrected chi connectivity index (χ0v) is 11.3. The summed E-state index contributed by atoms with van der Waals surface area (Å²) in [6.07, 6.45) is 1.18. The van der Waals surface area contributed by atoms with Crippen molar-refractivity contribution in [2.45, 2.75) is 0 Å². The van der Waals surface area contributed by atoms with Crippen LogP contribution in [-0.4, -0.2) is 24.0 Å². The number of aromatic nitrogens is 1. The van der Waals surface area contributed by atoms with Gasteiger partial charge in [-0.1, -0.05) is 12.1 Å². The van der Waals surface area contributed by atoms with Crippen molar-refractivity contribution in [1.82, 2.24) is 10.3 Å². The van der Waals surface area contributed by atoms with Crippen molar-refractivity contribution >= 4 is 5.91 Å². The number of ether oxygens (including phenoxy) is 1. The fraction of sp³-hybridized carbons (Fsp3) is 0.133. The molecule has 0 aliphatic heterocycles. The second-order valence-corrected chi connectivity index (χ2v) is 4.21. The molecular weight excluding hydrogens is 292 g/mol. The lowest BCUT2D eigenvalue weighted by Gasteiger charge is -2.08. The van der Waals surface area contributed by atoms with E-state index in [0.717, 1.165) is 6.07 Å². The van der Waals surface area contributed by atoms with E-state index in [0.29, 0.717) is 0 Å². The number of nitriles is 1. The van der Waals surface area contributed by atoms with Crippen LogP contribution in [0.15, 0.2) is 36.5 Å². The van der Waals surface area contributed by atoms with Crippen LogP contribution in [0.1, 0.15) is 15.9 Å². The van der Waals surface area contributed by atoms with Gasteiger partial charge in [0.25, 0.3) is 11.8 Å². The van der Waals surface area contributed by atoms with Gasteiger partial charge in [0.1, 0.15) is 18.5 Å². The molecular formula is C15H11F2N3O2. The number of pyridine rings is 1. The van der Waals surface area contributed by atoms with Gasteiger partial charge in [0, 0.05) is 6.20 Å². The highest BCUT2D eigenvalue weighted by molar-refractivity contribution is 5.94. The van der Waals surface area contributed by atoms with E-state index in [1.54, 1.807) is 12.1 Å². The molecule has 0 fully saturated rings. The third kappa shape index (κ3) is 3.76. The Labute approximate surface area is 125 Å². The third-order valence-electron chi connectivity index (χ3n) is 2.68. The van der Waals surface area contributed by atoms with Gasteiger partial charge in [-0.05, 0) is 18.2 Å². The predicted octanol–water partition coefficient (Wildman–Crippen LogP) is 2.04. The maximum absolute atomic E-state index is 13.5. The first kappa shape index (κ1) is 15.4. The van der Waals surface area contributed by atoms with Gasteiger partial charge in [0.15, 0.2) is 5.82 Å². The van der Waals surface area contributed by atoms with Gasteiger partial charge >= 0.3 is 0 Å². The van der Waals surface area contributed by atoms with Gasteiger partial charge in [0.05, 0.1) is 17.7 Å². The minimum Gasteiger partial charge on any atom is -0.474 e. The van der Waals surface area contributed by atoms with Crippen molar-refractivity contribution in [2.75, 3.05) is 13.2 Å². The predicted molar refractivity (Wildman–Crippen MR) is 73.1 cm³/mol. The summed E-state index contributed by atoms with van der Waals surface area (Å²) in [5.74, 6) is -2.24. The molecule has 1 amide bonds. The van der Waals surface area contributed by atoms with E-state index in [4.69, 9.17) is 10.00 Å². The maximum atomic E-state index is 13.5. The average molecular weight is 303 g/mol.